The molecule has 0 saturated heterocycles. The molecule has 0 aliphatic rings. The van der Waals surface area contributed by atoms with Crippen LogP contribution in [0.25, 0.3) is 11.2 Å². The first-order valence-electron chi connectivity index (χ1n) is 6.94. The molecule has 0 radical (unpaired) electrons. The topological polar surface area (TPSA) is 50.7 Å². The summed E-state index contributed by atoms with van der Waals surface area (Å²) in [4.78, 5) is 13.2. The van der Waals surface area contributed by atoms with Crippen LogP contribution in [0.1, 0.15) is 39.3 Å². The van der Waals surface area contributed by atoms with Crippen LogP contribution >= 0.6 is 0 Å². The maximum Gasteiger partial charge on any atom is 0.178 e. The lowest BCUT2D eigenvalue weighted by molar-refractivity contribution is 0.377. The molecule has 2 aromatic rings. The normalized spacial score (nSPS) is 14.8. The first-order valence-corrected chi connectivity index (χ1v) is 6.94. The van der Waals surface area contributed by atoms with Crippen LogP contribution in [-0.2, 0) is 0 Å². The van der Waals surface area contributed by atoms with Crippen LogP contribution in [0, 0.1) is 5.92 Å². The number of rotatable bonds is 5. The van der Waals surface area contributed by atoms with Crippen molar-refractivity contribution in [1.29, 1.82) is 0 Å². The zero-order valence-electron chi connectivity index (χ0n) is 12.1. The fraction of sp³-hybridized carbons (Fsp3) is 0.533. The molecule has 2 rings (SSSR count). The van der Waals surface area contributed by atoms with Crippen molar-refractivity contribution in [2.75, 3.05) is 6.54 Å². The van der Waals surface area contributed by atoms with Gasteiger partial charge in [-0.3, -0.25) is 4.98 Å². The summed E-state index contributed by atoms with van der Waals surface area (Å²) in [5, 5.41) is 3.50. The monoisotopic (exact) mass is 258 g/mol. The average Bonchev–Trinajstić information content (AvgIpc) is 2.38. The van der Waals surface area contributed by atoms with Crippen LogP contribution in [-0.4, -0.2) is 27.5 Å². The smallest absolute Gasteiger partial charge is 0.178 e. The van der Waals surface area contributed by atoms with Crippen molar-refractivity contribution in [1.82, 2.24) is 20.3 Å². The highest BCUT2D eigenvalue weighted by atomic mass is 14.9. The molecule has 102 valence electrons. The molecule has 2 atom stereocenters. The van der Waals surface area contributed by atoms with Crippen molar-refractivity contribution in [3.05, 3.63) is 30.2 Å². The molecule has 0 aromatic carbocycles. The Labute approximate surface area is 114 Å². The highest BCUT2D eigenvalue weighted by Gasteiger charge is 2.23. The summed E-state index contributed by atoms with van der Waals surface area (Å²) >= 11 is 0. The SMILES string of the molecule is CCNC(C)C(c1ccc2nccnc2n1)C(C)C. The zero-order valence-corrected chi connectivity index (χ0v) is 12.1. The van der Waals surface area contributed by atoms with Gasteiger partial charge in [-0.15, -0.1) is 0 Å². The molecule has 0 amide bonds. The summed E-state index contributed by atoms with van der Waals surface area (Å²) in [6, 6.07) is 4.49. The summed E-state index contributed by atoms with van der Waals surface area (Å²) in [7, 11) is 0. The predicted octanol–water partition coefficient (Wildman–Crippen LogP) is 2.76. The van der Waals surface area contributed by atoms with Crippen LogP contribution in [0.4, 0.5) is 0 Å². The third-order valence-corrected chi connectivity index (χ3v) is 3.48. The quantitative estimate of drug-likeness (QED) is 0.896. The van der Waals surface area contributed by atoms with Crippen molar-refractivity contribution in [3.63, 3.8) is 0 Å². The Kier molecular flexibility index (Phi) is 4.43. The van der Waals surface area contributed by atoms with Gasteiger partial charge in [0.2, 0.25) is 0 Å². The maximum absolute atomic E-state index is 4.69. The van der Waals surface area contributed by atoms with Gasteiger partial charge in [0.25, 0.3) is 0 Å². The minimum absolute atomic E-state index is 0.381. The van der Waals surface area contributed by atoms with E-state index in [2.05, 4.69) is 54.0 Å². The second-order valence-corrected chi connectivity index (χ2v) is 5.25. The summed E-state index contributed by atoms with van der Waals surface area (Å²) in [6.45, 7) is 9.80. The van der Waals surface area contributed by atoms with Gasteiger partial charge in [-0.05, 0) is 31.5 Å². The fourth-order valence-electron chi connectivity index (χ4n) is 2.68. The Hall–Kier alpha value is -1.55. The lowest BCUT2D eigenvalue weighted by Gasteiger charge is -2.27. The van der Waals surface area contributed by atoms with Crippen molar-refractivity contribution in [2.24, 2.45) is 5.92 Å². The first-order chi connectivity index (χ1) is 9.13. The summed E-state index contributed by atoms with van der Waals surface area (Å²) in [6.07, 6.45) is 3.39. The summed E-state index contributed by atoms with van der Waals surface area (Å²) in [5.74, 6) is 0.905. The van der Waals surface area contributed by atoms with Crippen LogP contribution in [0.5, 0.6) is 0 Å². The number of nitrogens with one attached hydrogen (secondary N) is 1. The lowest BCUT2D eigenvalue weighted by atomic mass is 9.86. The van der Waals surface area contributed by atoms with E-state index < -0.39 is 0 Å². The molecule has 2 unspecified atom stereocenters. The number of nitrogens with zero attached hydrogens (tertiary/aromatic N) is 3. The maximum atomic E-state index is 4.69. The summed E-state index contributed by atoms with van der Waals surface area (Å²) < 4.78 is 0. The molecule has 4 heteroatoms. The number of hydrogen-bond donors (Lipinski definition) is 1. The average molecular weight is 258 g/mol. The third kappa shape index (κ3) is 3.07. The Bertz CT molecular complexity index is 538. The van der Waals surface area contributed by atoms with Crippen LogP contribution in [0.3, 0.4) is 0 Å². The van der Waals surface area contributed by atoms with E-state index in [1.54, 1.807) is 12.4 Å². The predicted molar refractivity (Wildman–Crippen MR) is 78.1 cm³/mol. The molecule has 0 spiro atoms. The number of aromatic nitrogens is 3. The second kappa shape index (κ2) is 6.06. The van der Waals surface area contributed by atoms with E-state index in [1.165, 1.54) is 0 Å². The number of pyridine rings is 1. The van der Waals surface area contributed by atoms with Gasteiger partial charge in [-0.25, -0.2) is 9.97 Å². The van der Waals surface area contributed by atoms with Gasteiger partial charge in [0.1, 0.15) is 5.52 Å². The highest BCUT2D eigenvalue weighted by molar-refractivity contribution is 5.69. The van der Waals surface area contributed by atoms with Crippen molar-refractivity contribution >= 4 is 11.2 Å². The van der Waals surface area contributed by atoms with Gasteiger partial charge in [-0.2, -0.15) is 0 Å². The number of likely N-dealkylation sites (N-methyl/N-ethyl adjacent to an activating group) is 1. The van der Waals surface area contributed by atoms with E-state index >= 15 is 0 Å². The molecular formula is C15H22N4. The van der Waals surface area contributed by atoms with Gasteiger partial charge in [0, 0.05) is 30.0 Å². The van der Waals surface area contributed by atoms with Gasteiger partial charge in [-0.1, -0.05) is 20.8 Å². The van der Waals surface area contributed by atoms with E-state index in [-0.39, 0.29) is 0 Å². The van der Waals surface area contributed by atoms with Crippen LogP contribution in [0.2, 0.25) is 0 Å². The standard InChI is InChI=1S/C15H22N4/c1-5-16-11(4)14(10(2)3)12-6-7-13-15(19-12)18-9-8-17-13/h6-11,14,16H,5H2,1-4H3. The van der Waals surface area contributed by atoms with Crippen LogP contribution in [0.15, 0.2) is 24.5 Å². The van der Waals surface area contributed by atoms with E-state index in [9.17, 15) is 0 Å². The minimum Gasteiger partial charge on any atom is -0.314 e. The molecular weight excluding hydrogens is 236 g/mol. The largest absolute Gasteiger partial charge is 0.314 e. The van der Waals surface area contributed by atoms with E-state index in [0.717, 1.165) is 23.4 Å². The minimum atomic E-state index is 0.381. The zero-order chi connectivity index (χ0) is 13.8. The van der Waals surface area contributed by atoms with Crippen molar-refractivity contribution < 1.29 is 0 Å². The first kappa shape index (κ1) is 13.9. The Morgan fingerprint density at radius 2 is 1.84 bits per heavy atom. The van der Waals surface area contributed by atoms with E-state index in [1.807, 2.05) is 6.07 Å². The molecule has 4 nitrogen and oxygen atoms in total. The molecule has 1 N–H and O–H groups in total. The van der Waals surface area contributed by atoms with E-state index in [4.69, 9.17) is 0 Å². The summed E-state index contributed by atoms with van der Waals surface area (Å²) in [5.41, 5.74) is 2.68. The lowest BCUT2D eigenvalue weighted by Crippen LogP contribution is -2.35. The molecule has 2 heterocycles. The van der Waals surface area contributed by atoms with E-state index in [0.29, 0.717) is 17.9 Å². The molecule has 19 heavy (non-hydrogen) atoms. The van der Waals surface area contributed by atoms with Crippen molar-refractivity contribution in [2.45, 2.75) is 39.7 Å². The number of hydrogen-bond acceptors (Lipinski definition) is 4. The van der Waals surface area contributed by atoms with Gasteiger partial charge in [0.15, 0.2) is 5.65 Å². The highest BCUT2D eigenvalue weighted by Crippen LogP contribution is 2.27. The fourth-order valence-corrected chi connectivity index (χ4v) is 2.68. The Morgan fingerprint density at radius 3 is 2.53 bits per heavy atom. The van der Waals surface area contributed by atoms with Crippen LogP contribution < -0.4 is 5.32 Å². The Balaban J connectivity index is 2.38. The Morgan fingerprint density at radius 1 is 1.11 bits per heavy atom. The van der Waals surface area contributed by atoms with Crippen molar-refractivity contribution in [3.8, 4) is 0 Å². The number of fused-ring (bicyclic) bond motifs is 1. The van der Waals surface area contributed by atoms with Gasteiger partial charge in [0.05, 0.1) is 0 Å². The molecule has 0 bridgehead atoms. The third-order valence-electron chi connectivity index (χ3n) is 3.48. The molecule has 2 aromatic heterocycles. The molecule has 0 fully saturated rings. The molecule has 0 saturated carbocycles. The van der Waals surface area contributed by atoms with Gasteiger partial charge < -0.3 is 5.32 Å². The molecule has 0 aliphatic carbocycles. The van der Waals surface area contributed by atoms with Gasteiger partial charge >= 0.3 is 0 Å². The molecule has 0 aliphatic heterocycles. The second-order valence-electron chi connectivity index (χ2n) is 5.25.